The molecular weight excluding hydrogens is 767 g/mol. The molecule has 4 nitrogen and oxygen atoms in total. The molecule has 0 atom stereocenters. The Labute approximate surface area is 298 Å². The minimum atomic E-state index is 0. The van der Waals surface area contributed by atoms with Gasteiger partial charge in [0.05, 0.1) is 11.3 Å². The largest absolute Gasteiger partial charge is 0.486 e. The Kier molecular flexibility index (Phi) is 10.7. The van der Waals surface area contributed by atoms with Crippen LogP contribution in [-0.4, -0.2) is 15.0 Å². The van der Waals surface area contributed by atoms with Crippen LogP contribution in [0.2, 0.25) is 0 Å². The summed E-state index contributed by atoms with van der Waals surface area (Å²) in [7, 11) is 0. The fourth-order valence-electron chi connectivity index (χ4n) is 5.98. The number of aryl methyl sites for hydroxylation is 6. The zero-order valence-corrected chi connectivity index (χ0v) is 31.3. The predicted molar refractivity (Wildman–Crippen MR) is 194 cm³/mol. The molecule has 0 spiro atoms. The summed E-state index contributed by atoms with van der Waals surface area (Å²) >= 11 is 0. The van der Waals surface area contributed by atoms with Crippen LogP contribution in [-0.2, 0) is 26.5 Å². The zero-order chi connectivity index (χ0) is 33.2. The summed E-state index contributed by atoms with van der Waals surface area (Å²) in [5, 5.41) is 2.05. The van der Waals surface area contributed by atoms with Gasteiger partial charge in [-0.3, -0.25) is 0 Å². The number of fused-ring (bicyclic) bond motifs is 3. The van der Waals surface area contributed by atoms with Crippen LogP contribution in [0.3, 0.4) is 0 Å². The Morgan fingerprint density at radius 2 is 1.42 bits per heavy atom. The second-order valence-electron chi connectivity index (χ2n) is 13.0. The summed E-state index contributed by atoms with van der Waals surface area (Å²) in [6.45, 7) is 17.1. The fraction of sp³-hybridized carbons (Fsp3) is 0.233. The fourth-order valence-corrected chi connectivity index (χ4v) is 5.98. The number of hydrogen-bond acceptors (Lipinski definition) is 4. The zero-order valence-electron chi connectivity index (χ0n) is 29.0. The number of nitrogens with zero attached hydrogens (tertiary/aromatic N) is 3. The van der Waals surface area contributed by atoms with E-state index in [1.807, 2.05) is 30.6 Å². The molecule has 0 amide bonds. The van der Waals surface area contributed by atoms with Crippen molar-refractivity contribution in [1.29, 1.82) is 0 Å². The third-order valence-electron chi connectivity index (χ3n) is 8.76. The monoisotopic (exact) mass is 808 g/mol. The quantitative estimate of drug-likeness (QED) is 0.163. The van der Waals surface area contributed by atoms with Crippen LogP contribution in [0.5, 0.6) is 0 Å². The minimum absolute atomic E-state index is 0. The first kappa shape index (κ1) is 34.9. The van der Waals surface area contributed by atoms with E-state index in [-0.39, 0.29) is 20.1 Å². The molecule has 0 fully saturated rings. The third kappa shape index (κ3) is 7.33. The second-order valence-corrected chi connectivity index (χ2v) is 13.0. The third-order valence-corrected chi connectivity index (χ3v) is 8.76. The number of rotatable bonds is 5. The molecule has 0 aliphatic carbocycles. The number of furan rings is 1. The number of benzene rings is 3. The molecule has 0 aliphatic heterocycles. The summed E-state index contributed by atoms with van der Waals surface area (Å²) < 4.78 is 6.33. The Morgan fingerprint density at radius 3 is 2.08 bits per heavy atom. The van der Waals surface area contributed by atoms with Gasteiger partial charge in [0.2, 0.25) is 5.71 Å². The SMILES string of the molecule is Cc1c[c-]c(-c2cc(C)c(C)cn2)cc1.Cc1cc(-c2[c-]ccc3c2oc2nc(-c4c(C)cccc4C)ccc23)ncc1CC(C)C.[Ir]. The van der Waals surface area contributed by atoms with Crippen molar-refractivity contribution < 1.29 is 24.5 Å². The molecule has 3 aromatic carbocycles. The average Bonchev–Trinajstić information content (AvgIpc) is 3.42. The van der Waals surface area contributed by atoms with Gasteiger partial charge in [0.25, 0.3) is 0 Å². The smallest absolute Gasteiger partial charge is 0.216 e. The van der Waals surface area contributed by atoms with Gasteiger partial charge in [0.1, 0.15) is 0 Å². The van der Waals surface area contributed by atoms with Crippen LogP contribution in [0.4, 0.5) is 0 Å². The summed E-state index contributed by atoms with van der Waals surface area (Å²) in [5.41, 5.74) is 16.1. The Morgan fingerprint density at radius 1 is 0.688 bits per heavy atom. The first-order valence-electron chi connectivity index (χ1n) is 16.3. The van der Waals surface area contributed by atoms with E-state index < -0.39 is 0 Å². The van der Waals surface area contributed by atoms with E-state index in [1.165, 1.54) is 44.5 Å². The van der Waals surface area contributed by atoms with Crippen molar-refractivity contribution in [3.63, 3.8) is 0 Å². The van der Waals surface area contributed by atoms with Crippen LogP contribution >= 0.6 is 0 Å². The average molecular weight is 808 g/mol. The normalized spacial score (nSPS) is 11.0. The van der Waals surface area contributed by atoms with Gasteiger partial charge in [-0.25, -0.2) is 4.98 Å². The molecule has 7 aromatic rings. The van der Waals surface area contributed by atoms with Gasteiger partial charge >= 0.3 is 0 Å². The number of hydrogen-bond donors (Lipinski definition) is 0. The van der Waals surface area contributed by atoms with Crippen LogP contribution < -0.4 is 0 Å². The van der Waals surface area contributed by atoms with Crippen LogP contribution in [0, 0.1) is 59.6 Å². The maximum atomic E-state index is 6.33. The molecule has 0 saturated heterocycles. The van der Waals surface area contributed by atoms with Crippen molar-refractivity contribution in [3.8, 4) is 33.8 Å². The van der Waals surface area contributed by atoms with Crippen molar-refractivity contribution in [2.24, 2.45) is 5.92 Å². The molecule has 0 N–H and O–H groups in total. The van der Waals surface area contributed by atoms with E-state index in [2.05, 4.69) is 127 Å². The van der Waals surface area contributed by atoms with Crippen molar-refractivity contribution >= 4 is 22.1 Å². The second kappa shape index (κ2) is 14.8. The van der Waals surface area contributed by atoms with Gasteiger partial charge in [0.15, 0.2) is 0 Å². The van der Waals surface area contributed by atoms with Crippen molar-refractivity contribution in [3.05, 3.63) is 136 Å². The van der Waals surface area contributed by atoms with Crippen molar-refractivity contribution in [2.45, 2.75) is 61.8 Å². The Bertz CT molecular complexity index is 2190. The Hall–Kier alpha value is -4.44. The molecule has 0 saturated carbocycles. The Balaban J connectivity index is 0.000000237. The molecule has 0 aliphatic rings. The maximum absolute atomic E-state index is 6.33. The van der Waals surface area contributed by atoms with E-state index in [1.54, 1.807) is 0 Å². The first-order chi connectivity index (χ1) is 22.6. The van der Waals surface area contributed by atoms with E-state index in [9.17, 15) is 0 Å². The topological polar surface area (TPSA) is 51.8 Å². The predicted octanol–water partition coefficient (Wildman–Crippen LogP) is 11.1. The minimum Gasteiger partial charge on any atom is -0.486 e. The first-order valence-corrected chi connectivity index (χ1v) is 16.3. The van der Waals surface area contributed by atoms with E-state index in [0.717, 1.165) is 51.0 Å². The molecule has 7 rings (SSSR count). The maximum Gasteiger partial charge on any atom is 0.216 e. The van der Waals surface area contributed by atoms with Gasteiger partial charge < -0.3 is 14.4 Å². The molecule has 48 heavy (non-hydrogen) atoms. The molecule has 5 heteroatoms. The van der Waals surface area contributed by atoms with E-state index in [4.69, 9.17) is 14.4 Å². The summed E-state index contributed by atoms with van der Waals surface area (Å²) in [6, 6.07) is 31.5. The molecule has 4 aromatic heterocycles. The number of aromatic nitrogens is 3. The van der Waals surface area contributed by atoms with Gasteiger partial charge in [-0.1, -0.05) is 73.2 Å². The summed E-state index contributed by atoms with van der Waals surface area (Å²) in [6.07, 6.45) is 4.94. The summed E-state index contributed by atoms with van der Waals surface area (Å²) in [4.78, 5) is 14.1. The molecule has 1 radical (unpaired) electrons. The molecule has 4 heterocycles. The van der Waals surface area contributed by atoms with Crippen LogP contribution in [0.15, 0.2) is 89.6 Å². The van der Waals surface area contributed by atoms with E-state index in [0.29, 0.717) is 11.6 Å². The molecule has 245 valence electrons. The van der Waals surface area contributed by atoms with Crippen LogP contribution in [0.1, 0.15) is 52.8 Å². The van der Waals surface area contributed by atoms with Gasteiger partial charge in [-0.2, -0.15) is 0 Å². The molecule has 0 unspecified atom stereocenters. The van der Waals surface area contributed by atoms with Crippen LogP contribution in [0.25, 0.3) is 55.8 Å². The van der Waals surface area contributed by atoms with Gasteiger partial charge in [-0.05, 0) is 92.7 Å². The van der Waals surface area contributed by atoms with Crippen molar-refractivity contribution in [2.75, 3.05) is 0 Å². The number of pyridine rings is 3. The van der Waals surface area contributed by atoms with E-state index >= 15 is 0 Å². The van der Waals surface area contributed by atoms with Gasteiger partial charge in [0, 0.05) is 43.4 Å². The summed E-state index contributed by atoms with van der Waals surface area (Å²) in [5.74, 6) is 0.601. The molecular formula is C43H41IrN3O-2. The molecule has 0 bridgehead atoms. The van der Waals surface area contributed by atoms with Crippen molar-refractivity contribution in [1.82, 2.24) is 15.0 Å². The van der Waals surface area contributed by atoms with Gasteiger partial charge in [-0.15, -0.1) is 53.6 Å². The standard InChI is InChI=1S/C29H27N2O.C14H14N.Ir/c1-17(2)14-21-16-30-26(15-20(21)5)24-11-7-10-22-23-12-13-25(31-29(23)32-28(22)24)27-18(3)8-6-9-19(27)4;1-10-4-6-13(7-5-10)14-8-11(2)12(3)9-15-14;/h6-10,12-13,15-17H,14H2,1-5H3;4-6,8-9H,1-3H3;/q2*-1;.